The van der Waals surface area contributed by atoms with Gasteiger partial charge in [0.05, 0.1) is 16.6 Å². The van der Waals surface area contributed by atoms with E-state index in [0.29, 0.717) is 4.47 Å². The molecule has 0 atom stereocenters. The van der Waals surface area contributed by atoms with Gasteiger partial charge < -0.3 is 9.84 Å². The number of aromatic hydroxyl groups is 1. The van der Waals surface area contributed by atoms with Gasteiger partial charge in [-0.05, 0) is 35.0 Å². The molecule has 0 bridgehead atoms. The molecule has 1 aromatic rings. The number of phenols is 1. The number of phenolic OH excluding ortho intramolecular Hbond substituents is 1. The SMILES string of the molecule is CCOC(=O)c1cc(Cl)cc(O)c1Br. The Kier molecular flexibility index (Phi) is 3.77. The maximum absolute atomic E-state index is 11.3. The Hall–Kier alpha value is -0.740. The molecule has 14 heavy (non-hydrogen) atoms. The van der Waals surface area contributed by atoms with Crippen molar-refractivity contribution in [1.82, 2.24) is 0 Å². The van der Waals surface area contributed by atoms with Crippen molar-refractivity contribution in [3.63, 3.8) is 0 Å². The zero-order chi connectivity index (χ0) is 10.7. The fraction of sp³-hybridized carbons (Fsp3) is 0.222. The number of carbonyl (C=O) groups excluding carboxylic acids is 1. The van der Waals surface area contributed by atoms with Crippen molar-refractivity contribution < 1.29 is 14.6 Å². The summed E-state index contributed by atoms with van der Waals surface area (Å²) >= 11 is 8.75. The Bertz CT molecular complexity index is 365. The van der Waals surface area contributed by atoms with Crippen LogP contribution in [-0.4, -0.2) is 17.7 Å². The van der Waals surface area contributed by atoms with Crippen molar-refractivity contribution in [2.75, 3.05) is 6.61 Å². The summed E-state index contributed by atoms with van der Waals surface area (Å²) in [6.45, 7) is 1.98. The van der Waals surface area contributed by atoms with Crippen LogP contribution in [0.2, 0.25) is 5.02 Å². The number of esters is 1. The summed E-state index contributed by atoms with van der Waals surface area (Å²) in [4.78, 5) is 11.3. The number of rotatable bonds is 2. The normalized spacial score (nSPS) is 9.93. The monoisotopic (exact) mass is 278 g/mol. The number of hydrogen-bond donors (Lipinski definition) is 1. The fourth-order valence-electron chi connectivity index (χ4n) is 0.932. The molecule has 0 fully saturated rings. The lowest BCUT2D eigenvalue weighted by atomic mass is 10.2. The first-order chi connectivity index (χ1) is 6.56. The Labute approximate surface area is 94.8 Å². The highest BCUT2D eigenvalue weighted by Gasteiger charge is 2.15. The molecular formula is C9H8BrClO3. The number of ether oxygens (including phenoxy) is 1. The van der Waals surface area contributed by atoms with E-state index in [1.807, 2.05) is 0 Å². The van der Waals surface area contributed by atoms with E-state index >= 15 is 0 Å². The Morgan fingerprint density at radius 3 is 2.86 bits per heavy atom. The van der Waals surface area contributed by atoms with E-state index in [4.69, 9.17) is 16.3 Å². The molecule has 0 radical (unpaired) electrons. The van der Waals surface area contributed by atoms with Crippen molar-refractivity contribution >= 4 is 33.5 Å². The average molecular weight is 280 g/mol. The van der Waals surface area contributed by atoms with Gasteiger partial charge in [-0.25, -0.2) is 4.79 Å². The van der Waals surface area contributed by atoms with E-state index in [1.165, 1.54) is 12.1 Å². The van der Waals surface area contributed by atoms with Gasteiger partial charge in [0, 0.05) is 5.02 Å². The van der Waals surface area contributed by atoms with Crippen molar-refractivity contribution in [3.8, 4) is 5.75 Å². The molecule has 0 saturated heterocycles. The second kappa shape index (κ2) is 4.66. The highest BCUT2D eigenvalue weighted by molar-refractivity contribution is 9.10. The van der Waals surface area contributed by atoms with Crippen molar-refractivity contribution in [2.24, 2.45) is 0 Å². The van der Waals surface area contributed by atoms with Gasteiger partial charge in [-0.1, -0.05) is 11.6 Å². The van der Waals surface area contributed by atoms with Crippen LogP contribution in [0.4, 0.5) is 0 Å². The minimum absolute atomic E-state index is 0.0828. The third kappa shape index (κ3) is 2.39. The summed E-state index contributed by atoms with van der Waals surface area (Å²) in [5.74, 6) is -0.599. The molecule has 0 spiro atoms. The highest BCUT2D eigenvalue weighted by atomic mass is 79.9. The molecule has 0 amide bonds. The van der Waals surface area contributed by atoms with Crippen LogP contribution in [0.1, 0.15) is 17.3 Å². The molecule has 1 N–H and O–H groups in total. The molecule has 76 valence electrons. The minimum atomic E-state index is -0.517. The first kappa shape index (κ1) is 11.3. The van der Waals surface area contributed by atoms with Crippen LogP contribution in [-0.2, 0) is 4.74 Å². The van der Waals surface area contributed by atoms with E-state index in [-0.39, 0.29) is 22.9 Å². The Balaban J connectivity index is 3.13. The summed E-state index contributed by atoms with van der Waals surface area (Å²) in [5, 5.41) is 9.64. The van der Waals surface area contributed by atoms with Crippen molar-refractivity contribution in [1.29, 1.82) is 0 Å². The van der Waals surface area contributed by atoms with E-state index in [2.05, 4.69) is 15.9 Å². The van der Waals surface area contributed by atoms with E-state index in [1.54, 1.807) is 6.92 Å². The predicted molar refractivity (Wildman–Crippen MR) is 56.8 cm³/mol. The van der Waals surface area contributed by atoms with E-state index in [0.717, 1.165) is 0 Å². The molecule has 0 aliphatic heterocycles. The second-order valence-electron chi connectivity index (χ2n) is 2.51. The highest BCUT2D eigenvalue weighted by Crippen LogP contribution is 2.31. The third-order valence-electron chi connectivity index (χ3n) is 1.51. The van der Waals surface area contributed by atoms with Gasteiger partial charge >= 0.3 is 5.97 Å². The molecule has 1 aromatic carbocycles. The second-order valence-corrected chi connectivity index (χ2v) is 3.74. The van der Waals surface area contributed by atoms with E-state index in [9.17, 15) is 9.90 Å². The Morgan fingerprint density at radius 1 is 1.64 bits per heavy atom. The summed E-state index contributed by atoms with van der Waals surface area (Å²) < 4.78 is 5.07. The van der Waals surface area contributed by atoms with Crippen molar-refractivity contribution in [3.05, 3.63) is 27.2 Å². The summed E-state index contributed by atoms with van der Waals surface area (Å²) in [6, 6.07) is 2.78. The number of benzene rings is 1. The first-order valence-electron chi connectivity index (χ1n) is 3.91. The van der Waals surface area contributed by atoms with E-state index < -0.39 is 5.97 Å². The first-order valence-corrected chi connectivity index (χ1v) is 5.08. The quantitative estimate of drug-likeness (QED) is 0.847. The summed E-state index contributed by atoms with van der Waals surface area (Å²) in [6.07, 6.45) is 0. The van der Waals surface area contributed by atoms with Crippen molar-refractivity contribution in [2.45, 2.75) is 6.92 Å². The zero-order valence-corrected chi connectivity index (χ0v) is 9.72. The molecule has 0 unspecified atom stereocenters. The van der Waals surface area contributed by atoms with Crippen LogP contribution in [0.5, 0.6) is 5.75 Å². The third-order valence-corrected chi connectivity index (χ3v) is 2.57. The number of carbonyl (C=O) groups is 1. The van der Waals surface area contributed by atoms with Gasteiger partial charge in [-0.2, -0.15) is 0 Å². The predicted octanol–water partition coefficient (Wildman–Crippen LogP) is 2.98. The zero-order valence-electron chi connectivity index (χ0n) is 7.38. The maximum atomic E-state index is 11.3. The summed E-state index contributed by atoms with van der Waals surface area (Å²) in [5.41, 5.74) is 0.219. The molecule has 0 saturated carbocycles. The van der Waals surface area contributed by atoms with Gasteiger partial charge in [0.15, 0.2) is 0 Å². The minimum Gasteiger partial charge on any atom is -0.507 e. The molecule has 3 nitrogen and oxygen atoms in total. The van der Waals surface area contributed by atoms with Crippen LogP contribution in [0.15, 0.2) is 16.6 Å². The van der Waals surface area contributed by atoms with Gasteiger partial charge in [-0.15, -0.1) is 0 Å². The van der Waals surface area contributed by atoms with Gasteiger partial charge in [0.1, 0.15) is 5.75 Å². The number of halogens is 2. The van der Waals surface area contributed by atoms with Gasteiger partial charge in [0.2, 0.25) is 0 Å². The standard InChI is InChI=1S/C9H8BrClO3/c1-2-14-9(13)6-3-5(11)4-7(12)8(6)10/h3-4,12H,2H2,1H3. The summed E-state index contributed by atoms with van der Waals surface area (Å²) in [7, 11) is 0. The molecular weight excluding hydrogens is 271 g/mol. The topological polar surface area (TPSA) is 46.5 Å². The van der Waals surface area contributed by atoms with Crippen LogP contribution < -0.4 is 0 Å². The lowest BCUT2D eigenvalue weighted by Gasteiger charge is -2.06. The fourth-order valence-corrected chi connectivity index (χ4v) is 1.54. The smallest absolute Gasteiger partial charge is 0.339 e. The lowest BCUT2D eigenvalue weighted by Crippen LogP contribution is -2.05. The largest absolute Gasteiger partial charge is 0.507 e. The van der Waals surface area contributed by atoms with Gasteiger partial charge in [0.25, 0.3) is 0 Å². The van der Waals surface area contributed by atoms with Crippen LogP contribution in [0.3, 0.4) is 0 Å². The van der Waals surface area contributed by atoms with Crippen LogP contribution in [0.25, 0.3) is 0 Å². The molecule has 0 aromatic heterocycles. The molecule has 1 rings (SSSR count). The molecule has 5 heteroatoms. The molecule has 0 aliphatic carbocycles. The Morgan fingerprint density at radius 2 is 2.29 bits per heavy atom. The van der Waals surface area contributed by atoms with Gasteiger partial charge in [-0.3, -0.25) is 0 Å². The van der Waals surface area contributed by atoms with Crippen LogP contribution in [0, 0.1) is 0 Å². The maximum Gasteiger partial charge on any atom is 0.339 e. The molecule has 0 heterocycles. The lowest BCUT2D eigenvalue weighted by molar-refractivity contribution is 0.0524. The average Bonchev–Trinajstić information content (AvgIpc) is 2.11. The number of hydrogen-bond acceptors (Lipinski definition) is 3. The molecule has 0 aliphatic rings. The van der Waals surface area contributed by atoms with Crippen LogP contribution >= 0.6 is 27.5 Å².